The zero-order valence-electron chi connectivity index (χ0n) is 11.3. The molecule has 0 radical (unpaired) electrons. The van der Waals surface area contributed by atoms with E-state index in [-0.39, 0.29) is 0 Å². The normalized spacial score (nSPS) is 23.6. The molecule has 3 heteroatoms. The largest absolute Gasteiger partial charge is 0.316 e. The summed E-state index contributed by atoms with van der Waals surface area (Å²) in [6, 6.07) is 0.613. The molecule has 0 aromatic carbocycles. The average molecular weight is 227 g/mol. The van der Waals surface area contributed by atoms with Crippen LogP contribution in [0.1, 0.15) is 33.6 Å². The van der Waals surface area contributed by atoms with Gasteiger partial charge in [-0.15, -0.1) is 0 Å². The molecule has 1 aliphatic heterocycles. The van der Waals surface area contributed by atoms with Crippen molar-refractivity contribution in [2.45, 2.75) is 39.7 Å². The highest BCUT2D eigenvalue weighted by Gasteiger charge is 2.14. The lowest BCUT2D eigenvalue weighted by Gasteiger charge is -2.27. The third-order valence-corrected chi connectivity index (χ3v) is 3.58. The number of hydrogen-bond acceptors (Lipinski definition) is 3. The fraction of sp³-hybridized carbons (Fsp3) is 1.00. The molecule has 2 unspecified atom stereocenters. The molecule has 0 amide bonds. The monoisotopic (exact) mass is 227 g/mol. The molecule has 0 saturated carbocycles. The van der Waals surface area contributed by atoms with Gasteiger partial charge in [0.1, 0.15) is 0 Å². The summed E-state index contributed by atoms with van der Waals surface area (Å²) in [6.45, 7) is 13.9. The van der Waals surface area contributed by atoms with E-state index >= 15 is 0 Å². The molecule has 1 fully saturated rings. The molecule has 0 aliphatic carbocycles. The summed E-state index contributed by atoms with van der Waals surface area (Å²) in [7, 11) is 0. The van der Waals surface area contributed by atoms with Gasteiger partial charge in [-0.05, 0) is 58.4 Å². The van der Waals surface area contributed by atoms with Gasteiger partial charge in [0.15, 0.2) is 0 Å². The Bertz CT molecular complexity index is 163. The topological polar surface area (TPSA) is 27.3 Å². The Kier molecular flexibility index (Phi) is 7.01. The van der Waals surface area contributed by atoms with Gasteiger partial charge < -0.3 is 15.5 Å². The first kappa shape index (κ1) is 13.9. The minimum absolute atomic E-state index is 0.613. The molecule has 1 heterocycles. The summed E-state index contributed by atoms with van der Waals surface area (Å²) in [5.74, 6) is 0.841. The molecule has 0 spiro atoms. The molecule has 0 bridgehead atoms. The standard InChI is InChI=1S/C13H29N3/c1-4-16(5-2)11-12(3)15-10-13-7-6-8-14-9-13/h12-15H,4-11H2,1-3H3. The third kappa shape index (κ3) is 5.28. The van der Waals surface area contributed by atoms with Crippen molar-refractivity contribution < 1.29 is 0 Å². The lowest BCUT2D eigenvalue weighted by atomic mass is 9.99. The van der Waals surface area contributed by atoms with Crippen LogP contribution >= 0.6 is 0 Å². The van der Waals surface area contributed by atoms with Gasteiger partial charge in [-0.25, -0.2) is 0 Å². The zero-order valence-corrected chi connectivity index (χ0v) is 11.3. The van der Waals surface area contributed by atoms with Gasteiger partial charge in [-0.1, -0.05) is 13.8 Å². The maximum atomic E-state index is 3.67. The second-order valence-corrected chi connectivity index (χ2v) is 5.01. The molecule has 2 atom stereocenters. The van der Waals surface area contributed by atoms with E-state index in [0.29, 0.717) is 6.04 Å². The van der Waals surface area contributed by atoms with E-state index < -0.39 is 0 Å². The molecular formula is C13H29N3. The summed E-state index contributed by atoms with van der Waals surface area (Å²) in [6.07, 6.45) is 2.73. The van der Waals surface area contributed by atoms with Crippen molar-refractivity contribution in [2.24, 2.45) is 5.92 Å². The van der Waals surface area contributed by atoms with Crippen molar-refractivity contribution in [3.8, 4) is 0 Å². The van der Waals surface area contributed by atoms with Gasteiger partial charge in [-0.3, -0.25) is 0 Å². The Morgan fingerprint density at radius 1 is 1.38 bits per heavy atom. The highest BCUT2D eigenvalue weighted by molar-refractivity contribution is 4.74. The molecule has 2 N–H and O–H groups in total. The lowest BCUT2D eigenvalue weighted by molar-refractivity contribution is 0.260. The number of nitrogens with zero attached hydrogens (tertiary/aromatic N) is 1. The number of rotatable bonds is 7. The number of likely N-dealkylation sites (N-methyl/N-ethyl adjacent to an activating group) is 1. The SMILES string of the molecule is CCN(CC)CC(C)NCC1CCCNC1. The van der Waals surface area contributed by atoms with Gasteiger partial charge in [0.25, 0.3) is 0 Å². The van der Waals surface area contributed by atoms with Crippen molar-refractivity contribution in [1.82, 2.24) is 15.5 Å². The molecule has 3 nitrogen and oxygen atoms in total. The summed E-state index contributed by atoms with van der Waals surface area (Å²) >= 11 is 0. The smallest absolute Gasteiger partial charge is 0.0166 e. The maximum Gasteiger partial charge on any atom is 0.0166 e. The quantitative estimate of drug-likeness (QED) is 0.686. The van der Waals surface area contributed by atoms with E-state index in [0.717, 1.165) is 19.0 Å². The van der Waals surface area contributed by atoms with Crippen LogP contribution in [0.4, 0.5) is 0 Å². The molecule has 16 heavy (non-hydrogen) atoms. The molecule has 1 rings (SSSR count). The van der Waals surface area contributed by atoms with Crippen LogP contribution < -0.4 is 10.6 Å². The predicted octanol–water partition coefficient (Wildman–Crippen LogP) is 1.31. The Balaban J connectivity index is 2.10. The van der Waals surface area contributed by atoms with Crippen LogP contribution in [0.3, 0.4) is 0 Å². The second kappa shape index (κ2) is 8.04. The van der Waals surface area contributed by atoms with E-state index in [2.05, 4.69) is 36.3 Å². The van der Waals surface area contributed by atoms with E-state index in [1.165, 1.54) is 39.0 Å². The molecule has 1 aliphatic rings. The van der Waals surface area contributed by atoms with Crippen molar-refractivity contribution in [3.05, 3.63) is 0 Å². The first-order valence-electron chi connectivity index (χ1n) is 6.92. The Labute approximate surface area is 101 Å². The van der Waals surface area contributed by atoms with Crippen molar-refractivity contribution in [1.29, 1.82) is 0 Å². The molecule has 0 aromatic rings. The van der Waals surface area contributed by atoms with Gasteiger partial charge >= 0.3 is 0 Å². The van der Waals surface area contributed by atoms with Crippen molar-refractivity contribution >= 4 is 0 Å². The lowest BCUT2D eigenvalue weighted by Crippen LogP contribution is -2.43. The minimum atomic E-state index is 0.613. The minimum Gasteiger partial charge on any atom is -0.316 e. The second-order valence-electron chi connectivity index (χ2n) is 5.01. The van der Waals surface area contributed by atoms with Gasteiger partial charge in [-0.2, -0.15) is 0 Å². The summed E-state index contributed by atoms with van der Waals surface area (Å²) in [5.41, 5.74) is 0. The van der Waals surface area contributed by atoms with Crippen LogP contribution in [0.5, 0.6) is 0 Å². The number of piperidine rings is 1. The zero-order chi connectivity index (χ0) is 11.8. The van der Waals surface area contributed by atoms with E-state index in [1.54, 1.807) is 0 Å². The predicted molar refractivity (Wildman–Crippen MR) is 70.8 cm³/mol. The summed E-state index contributed by atoms with van der Waals surface area (Å²) in [4.78, 5) is 2.48. The van der Waals surface area contributed by atoms with Gasteiger partial charge in [0.05, 0.1) is 0 Å². The molecule has 96 valence electrons. The molecular weight excluding hydrogens is 198 g/mol. The van der Waals surface area contributed by atoms with Gasteiger partial charge in [0.2, 0.25) is 0 Å². The third-order valence-electron chi connectivity index (χ3n) is 3.58. The van der Waals surface area contributed by atoms with E-state index in [4.69, 9.17) is 0 Å². The Hall–Kier alpha value is -0.120. The van der Waals surface area contributed by atoms with Crippen LogP contribution in [0, 0.1) is 5.92 Å². The van der Waals surface area contributed by atoms with Gasteiger partial charge in [0, 0.05) is 12.6 Å². The average Bonchev–Trinajstić information content (AvgIpc) is 2.34. The maximum absolute atomic E-state index is 3.67. The van der Waals surface area contributed by atoms with Crippen LogP contribution in [0.25, 0.3) is 0 Å². The fourth-order valence-electron chi connectivity index (χ4n) is 2.40. The molecule has 0 aromatic heterocycles. The first-order valence-corrected chi connectivity index (χ1v) is 6.92. The fourth-order valence-corrected chi connectivity index (χ4v) is 2.40. The number of nitrogens with one attached hydrogen (secondary N) is 2. The van der Waals surface area contributed by atoms with Crippen LogP contribution in [-0.2, 0) is 0 Å². The summed E-state index contributed by atoms with van der Waals surface area (Å²) in [5, 5.41) is 7.14. The van der Waals surface area contributed by atoms with Crippen molar-refractivity contribution in [2.75, 3.05) is 39.3 Å². The first-order chi connectivity index (χ1) is 7.76. The van der Waals surface area contributed by atoms with E-state index in [9.17, 15) is 0 Å². The Morgan fingerprint density at radius 2 is 2.12 bits per heavy atom. The highest BCUT2D eigenvalue weighted by atomic mass is 15.1. The molecule has 1 saturated heterocycles. The van der Waals surface area contributed by atoms with Crippen LogP contribution in [0.15, 0.2) is 0 Å². The van der Waals surface area contributed by atoms with Crippen molar-refractivity contribution in [3.63, 3.8) is 0 Å². The van der Waals surface area contributed by atoms with E-state index in [1.807, 2.05) is 0 Å². The van der Waals surface area contributed by atoms with Crippen LogP contribution in [-0.4, -0.2) is 50.2 Å². The number of hydrogen-bond donors (Lipinski definition) is 2. The summed E-state index contributed by atoms with van der Waals surface area (Å²) < 4.78 is 0. The highest BCUT2D eigenvalue weighted by Crippen LogP contribution is 2.08. The van der Waals surface area contributed by atoms with Crippen LogP contribution in [0.2, 0.25) is 0 Å². The Morgan fingerprint density at radius 3 is 2.69 bits per heavy atom.